The molecule has 0 bridgehead atoms. The quantitative estimate of drug-likeness (QED) is 0.299. The fourth-order valence-electron chi connectivity index (χ4n) is 2.68. The van der Waals surface area contributed by atoms with Crippen LogP contribution in [0.4, 0.5) is 0 Å². The predicted octanol–water partition coefficient (Wildman–Crippen LogP) is 5.95. The van der Waals surface area contributed by atoms with E-state index in [9.17, 15) is 4.79 Å². The van der Waals surface area contributed by atoms with Crippen molar-refractivity contribution in [1.82, 2.24) is 19.8 Å². The summed E-state index contributed by atoms with van der Waals surface area (Å²) in [7, 11) is 0. The van der Waals surface area contributed by atoms with Gasteiger partial charge in [0, 0.05) is 23.7 Å². The molecule has 0 spiro atoms. The van der Waals surface area contributed by atoms with Gasteiger partial charge in [-0.15, -0.1) is 0 Å². The zero-order valence-corrected chi connectivity index (χ0v) is 20.3. The molecule has 0 aliphatic heterocycles. The molecule has 0 saturated carbocycles. The molecular formula is C20H17Cl5N4O3. The Balaban J connectivity index is 1.50. The highest BCUT2D eigenvalue weighted by Gasteiger charge is 2.12. The number of tetrazole rings is 1. The number of hydrogen-bond donors (Lipinski definition) is 0. The third-order valence-electron chi connectivity index (χ3n) is 4.16. The van der Waals surface area contributed by atoms with Gasteiger partial charge in [0.2, 0.25) is 0 Å². The van der Waals surface area contributed by atoms with Gasteiger partial charge >= 0.3 is 5.69 Å². The van der Waals surface area contributed by atoms with Crippen molar-refractivity contribution in [3.8, 4) is 17.2 Å². The third-order valence-corrected chi connectivity index (χ3v) is 5.27. The second-order valence-electron chi connectivity index (χ2n) is 6.45. The Kier molecular flexibility index (Phi) is 9.13. The van der Waals surface area contributed by atoms with E-state index in [4.69, 9.17) is 67.5 Å². The molecule has 1 aromatic heterocycles. The van der Waals surface area contributed by atoms with E-state index in [1.54, 1.807) is 36.4 Å². The van der Waals surface area contributed by atoms with Crippen LogP contribution in [0.2, 0.25) is 15.1 Å². The van der Waals surface area contributed by atoms with Gasteiger partial charge in [0.1, 0.15) is 16.8 Å². The molecule has 12 heteroatoms. The normalized spacial score (nSPS) is 10.8. The van der Waals surface area contributed by atoms with E-state index >= 15 is 0 Å². The lowest BCUT2D eigenvalue weighted by Gasteiger charge is -2.12. The molecule has 0 aliphatic carbocycles. The van der Waals surface area contributed by atoms with Gasteiger partial charge in [-0.1, -0.05) is 64.1 Å². The van der Waals surface area contributed by atoms with E-state index in [0.29, 0.717) is 58.2 Å². The second kappa shape index (κ2) is 11.8. The minimum atomic E-state index is -0.347. The van der Waals surface area contributed by atoms with Crippen molar-refractivity contribution < 1.29 is 9.47 Å². The molecule has 1 heterocycles. The maximum atomic E-state index is 12.5. The van der Waals surface area contributed by atoms with Crippen LogP contribution in [0, 0.1) is 0 Å². The van der Waals surface area contributed by atoms with Gasteiger partial charge in [-0.25, -0.2) is 4.79 Å². The Hall–Kier alpha value is -1.90. The first-order chi connectivity index (χ1) is 15.3. The molecule has 7 nitrogen and oxygen atoms in total. The number of halogens is 5. The first kappa shape index (κ1) is 24.7. The van der Waals surface area contributed by atoms with Crippen LogP contribution in [0.15, 0.2) is 51.8 Å². The van der Waals surface area contributed by atoms with Gasteiger partial charge in [-0.2, -0.15) is 9.36 Å². The van der Waals surface area contributed by atoms with Gasteiger partial charge in [-0.05, 0) is 47.5 Å². The summed E-state index contributed by atoms with van der Waals surface area (Å²) in [6.45, 7) is 0.908. The zero-order chi connectivity index (χ0) is 23.1. The topological polar surface area (TPSA) is 71.2 Å². The van der Waals surface area contributed by atoms with Gasteiger partial charge < -0.3 is 9.47 Å². The molecule has 170 valence electrons. The molecule has 3 aromatic rings. The number of aromatic nitrogens is 4. The van der Waals surface area contributed by atoms with Crippen molar-refractivity contribution >= 4 is 58.0 Å². The Labute approximate surface area is 209 Å². The second-order valence-corrected chi connectivity index (χ2v) is 8.71. The van der Waals surface area contributed by atoms with Crippen molar-refractivity contribution in [2.24, 2.45) is 0 Å². The number of hydrogen-bond acceptors (Lipinski definition) is 5. The molecule has 3 rings (SSSR count). The summed E-state index contributed by atoms with van der Waals surface area (Å²) in [6, 6.07) is 10.0. The van der Waals surface area contributed by atoms with Crippen LogP contribution < -0.4 is 15.2 Å². The summed E-state index contributed by atoms with van der Waals surface area (Å²) in [6.07, 6.45) is 2.77. The predicted molar refractivity (Wildman–Crippen MR) is 127 cm³/mol. The number of nitrogens with zero attached hydrogens (tertiary/aromatic N) is 4. The highest BCUT2D eigenvalue weighted by atomic mass is 35.5. The smallest absolute Gasteiger partial charge is 0.368 e. The molecule has 2 aromatic carbocycles. The largest absolute Gasteiger partial charge is 0.490 e. The van der Waals surface area contributed by atoms with Crippen LogP contribution in [0.5, 0.6) is 11.5 Å². The summed E-state index contributed by atoms with van der Waals surface area (Å²) in [5.74, 6) is 0.816. The maximum absolute atomic E-state index is 12.5. The fraction of sp³-hybridized carbons (Fsp3) is 0.250. The monoisotopic (exact) mass is 536 g/mol. The highest BCUT2D eigenvalue weighted by Crippen LogP contribution is 2.37. The van der Waals surface area contributed by atoms with E-state index in [1.807, 2.05) is 0 Å². The Morgan fingerprint density at radius 1 is 1.00 bits per heavy atom. The fourth-order valence-corrected chi connectivity index (χ4v) is 3.57. The van der Waals surface area contributed by atoms with Crippen molar-refractivity contribution in [3.05, 3.63) is 72.5 Å². The number of benzene rings is 2. The Morgan fingerprint density at radius 2 is 1.75 bits per heavy atom. The van der Waals surface area contributed by atoms with E-state index in [0.717, 1.165) is 0 Å². The summed E-state index contributed by atoms with van der Waals surface area (Å²) in [5, 5.41) is 8.94. The van der Waals surface area contributed by atoms with Crippen molar-refractivity contribution in [3.63, 3.8) is 0 Å². The van der Waals surface area contributed by atoms with Crippen molar-refractivity contribution in [2.75, 3.05) is 13.2 Å². The summed E-state index contributed by atoms with van der Waals surface area (Å²) in [5.41, 5.74) is 0.204. The first-order valence-electron chi connectivity index (χ1n) is 9.39. The number of ether oxygens (including phenoxy) is 2. The molecule has 0 fully saturated rings. The van der Waals surface area contributed by atoms with Gasteiger partial charge in [0.25, 0.3) is 0 Å². The molecule has 0 atom stereocenters. The lowest BCUT2D eigenvalue weighted by atomic mass is 10.3. The van der Waals surface area contributed by atoms with E-state index in [1.165, 1.54) is 15.4 Å². The number of rotatable bonds is 10. The Bertz CT molecular complexity index is 1140. The van der Waals surface area contributed by atoms with Crippen LogP contribution >= 0.6 is 58.0 Å². The molecule has 0 unspecified atom stereocenters. The van der Waals surface area contributed by atoms with Crippen LogP contribution in [0.25, 0.3) is 5.69 Å². The summed E-state index contributed by atoms with van der Waals surface area (Å²) in [4.78, 5) is 12.5. The average Bonchev–Trinajstić information content (AvgIpc) is 3.09. The van der Waals surface area contributed by atoms with E-state index < -0.39 is 0 Å². The maximum Gasteiger partial charge on any atom is 0.368 e. The minimum Gasteiger partial charge on any atom is -0.490 e. The van der Waals surface area contributed by atoms with E-state index in [2.05, 4.69) is 10.4 Å². The number of unbranched alkanes of at least 4 members (excludes halogenated alkanes) is 1. The van der Waals surface area contributed by atoms with Crippen molar-refractivity contribution in [1.29, 1.82) is 0 Å². The average molecular weight is 539 g/mol. The van der Waals surface area contributed by atoms with Crippen molar-refractivity contribution in [2.45, 2.75) is 19.4 Å². The Morgan fingerprint density at radius 3 is 2.44 bits per heavy atom. The summed E-state index contributed by atoms with van der Waals surface area (Å²) >= 11 is 29.5. The molecule has 0 aliphatic rings. The minimum absolute atomic E-state index is 0.108. The third kappa shape index (κ3) is 6.80. The molecular weight excluding hydrogens is 522 g/mol. The van der Waals surface area contributed by atoms with Crippen LogP contribution in [-0.2, 0) is 6.54 Å². The van der Waals surface area contributed by atoms with Gasteiger partial charge in [-0.3, -0.25) is 0 Å². The first-order valence-corrected chi connectivity index (χ1v) is 11.3. The molecule has 0 amide bonds. The lowest BCUT2D eigenvalue weighted by Crippen LogP contribution is -2.24. The molecule has 32 heavy (non-hydrogen) atoms. The highest BCUT2D eigenvalue weighted by molar-refractivity contribution is 6.55. The van der Waals surface area contributed by atoms with Crippen LogP contribution in [0.1, 0.15) is 12.8 Å². The zero-order valence-electron chi connectivity index (χ0n) is 16.5. The molecule has 0 radical (unpaired) electrons. The van der Waals surface area contributed by atoms with Crippen LogP contribution in [-0.4, -0.2) is 33.0 Å². The van der Waals surface area contributed by atoms with Gasteiger partial charge in [0.05, 0.1) is 22.3 Å². The molecule has 0 saturated heterocycles. The standard InChI is InChI=1S/C20H17Cl5N4O3/c21-13-4-3-5-14(10-13)29-20(30)28(26-27-29)7-1-2-8-32-19-16(22)11-15(12-17(19)23)31-9-6-18(24)25/h3-6,10-12H,1-2,7-9H2. The van der Waals surface area contributed by atoms with Crippen LogP contribution in [0.3, 0.4) is 0 Å². The van der Waals surface area contributed by atoms with E-state index in [-0.39, 0.29) is 16.8 Å². The molecule has 0 N–H and O–H groups in total. The SMILES string of the molecule is O=c1n(CCCCOc2c(Cl)cc(OCC=C(Cl)Cl)cc2Cl)nnn1-c1cccc(Cl)c1. The number of aryl methyl sites for hydroxylation is 1. The summed E-state index contributed by atoms with van der Waals surface area (Å²) < 4.78 is 13.7. The van der Waals surface area contributed by atoms with Gasteiger partial charge in [0.15, 0.2) is 5.75 Å². The lowest BCUT2D eigenvalue weighted by molar-refractivity contribution is 0.300.